The molecule has 2 aromatic carbocycles. The first-order valence-corrected chi connectivity index (χ1v) is 10.9. The Labute approximate surface area is 185 Å². The van der Waals surface area contributed by atoms with E-state index in [1.807, 2.05) is 54.6 Å². The van der Waals surface area contributed by atoms with Gasteiger partial charge in [0.15, 0.2) is 0 Å². The molecule has 2 heterocycles. The third-order valence-electron chi connectivity index (χ3n) is 4.78. The van der Waals surface area contributed by atoms with Gasteiger partial charge in [0, 0.05) is 53.4 Å². The van der Waals surface area contributed by atoms with Crippen LogP contribution in [0.2, 0.25) is 5.02 Å². The number of nitrogens with zero attached hydrogens (tertiary/aromatic N) is 4. The second-order valence-electron chi connectivity index (χ2n) is 6.91. The minimum atomic E-state index is -0.0106. The maximum absolute atomic E-state index is 12.7. The van der Waals surface area contributed by atoms with Gasteiger partial charge in [0.1, 0.15) is 0 Å². The van der Waals surface area contributed by atoms with Gasteiger partial charge in [-0.3, -0.25) is 9.69 Å². The summed E-state index contributed by atoms with van der Waals surface area (Å²) < 4.78 is 0. The average molecular weight is 440 g/mol. The minimum Gasteiger partial charge on any atom is -0.338 e. The van der Waals surface area contributed by atoms with E-state index >= 15 is 0 Å². The van der Waals surface area contributed by atoms with E-state index in [2.05, 4.69) is 25.1 Å². The van der Waals surface area contributed by atoms with Crippen molar-refractivity contribution < 1.29 is 4.79 Å². The Hall–Kier alpha value is -2.61. The summed E-state index contributed by atoms with van der Waals surface area (Å²) in [6.07, 6.45) is 3.50. The fourth-order valence-corrected chi connectivity index (χ4v) is 4.27. The zero-order valence-corrected chi connectivity index (χ0v) is 17.9. The lowest BCUT2D eigenvalue weighted by atomic mass is 10.3. The molecule has 154 valence electrons. The SMILES string of the molecule is O=C(CN1CCN(c2ncccn2)CC1)Nc1ccccc1Sc1ccc(Cl)cc1. The molecule has 4 rings (SSSR count). The molecule has 0 spiro atoms. The van der Waals surface area contributed by atoms with E-state index in [0.29, 0.717) is 11.6 Å². The largest absolute Gasteiger partial charge is 0.338 e. The average Bonchev–Trinajstić information content (AvgIpc) is 2.78. The van der Waals surface area contributed by atoms with E-state index in [1.165, 1.54) is 0 Å². The fraction of sp³-hybridized carbons (Fsp3) is 0.227. The molecular formula is C22H22ClN5OS. The highest BCUT2D eigenvalue weighted by Crippen LogP contribution is 2.33. The lowest BCUT2D eigenvalue weighted by Crippen LogP contribution is -2.49. The lowest BCUT2D eigenvalue weighted by molar-refractivity contribution is -0.117. The van der Waals surface area contributed by atoms with Crippen molar-refractivity contribution >= 4 is 40.9 Å². The molecule has 0 saturated carbocycles. The first kappa shape index (κ1) is 20.7. The Kier molecular flexibility index (Phi) is 6.84. The molecule has 0 radical (unpaired) electrons. The minimum absolute atomic E-state index is 0.0106. The van der Waals surface area contributed by atoms with Gasteiger partial charge in [-0.1, -0.05) is 35.5 Å². The van der Waals surface area contributed by atoms with Gasteiger partial charge in [0.05, 0.1) is 12.2 Å². The van der Waals surface area contributed by atoms with E-state index in [1.54, 1.807) is 24.2 Å². The molecule has 1 fully saturated rings. The number of aromatic nitrogens is 2. The van der Waals surface area contributed by atoms with Crippen LogP contribution in [0, 0.1) is 0 Å². The van der Waals surface area contributed by atoms with Crippen molar-refractivity contribution in [1.29, 1.82) is 0 Å². The molecule has 1 saturated heterocycles. The van der Waals surface area contributed by atoms with Crippen molar-refractivity contribution in [2.45, 2.75) is 9.79 Å². The number of nitrogens with one attached hydrogen (secondary N) is 1. The Balaban J connectivity index is 1.32. The number of hydrogen-bond acceptors (Lipinski definition) is 6. The molecule has 1 aromatic heterocycles. The van der Waals surface area contributed by atoms with E-state index in [0.717, 1.165) is 47.6 Å². The van der Waals surface area contributed by atoms with Crippen LogP contribution in [0.15, 0.2) is 76.8 Å². The Morgan fingerprint density at radius 3 is 2.40 bits per heavy atom. The van der Waals surface area contributed by atoms with Gasteiger partial charge in [-0.15, -0.1) is 0 Å². The van der Waals surface area contributed by atoms with Crippen molar-refractivity contribution in [2.75, 3.05) is 42.9 Å². The molecule has 1 aliphatic rings. The maximum atomic E-state index is 12.7. The maximum Gasteiger partial charge on any atom is 0.238 e. The number of hydrogen-bond donors (Lipinski definition) is 1. The number of piperazine rings is 1. The van der Waals surface area contributed by atoms with Crippen LogP contribution in [0.5, 0.6) is 0 Å². The number of anilines is 2. The molecule has 1 amide bonds. The first-order valence-electron chi connectivity index (χ1n) is 9.74. The standard InChI is InChI=1S/C22H22ClN5OS/c23-17-6-8-18(9-7-17)30-20-5-2-1-4-19(20)26-21(29)16-27-12-14-28(15-13-27)22-24-10-3-11-25-22/h1-11H,12-16H2,(H,26,29). The molecule has 0 atom stereocenters. The third kappa shape index (κ3) is 5.50. The second kappa shape index (κ2) is 9.93. The van der Waals surface area contributed by atoms with Crippen LogP contribution in [0.3, 0.4) is 0 Å². The monoisotopic (exact) mass is 439 g/mol. The number of para-hydroxylation sites is 1. The summed E-state index contributed by atoms with van der Waals surface area (Å²) in [5.74, 6) is 0.735. The molecule has 6 nitrogen and oxygen atoms in total. The Morgan fingerprint density at radius 1 is 0.967 bits per heavy atom. The van der Waals surface area contributed by atoms with Gasteiger partial charge in [-0.2, -0.15) is 0 Å². The summed E-state index contributed by atoms with van der Waals surface area (Å²) in [6, 6.07) is 17.3. The molecule has 30 heavy (non-hydrogen) atoms. The summed E-state index contributed by atoms with van der Waals surface area (Å²) in [5, 5.41) is 3.77. The van der Waals surface area contributed by atoms with Crippen LogP contribution in [-0.4, -0.2) is 53.5 Å². The molecule has 0 unspecified atom stereocenters. The van der Waals surface area contributed by atoms with Gasteiger partial charge < -0.3 is 10.2 Å². The fourth-order valence-electron chi connectivity index (χ4n) is 3.24. The Morgan fingerprint density at radius 2 is 1.67 bits per heavy atom. The van der Waals surface area contributed by atoms with Crippen LogP contribution < -0.4 is 10.2 Å². The molecule has 1 aliphatic heterocycles. The normalized spacial score (nSPS) is 14.5. The zero-order valence-electron chi connectivity index (χ0n) is 16.4. The van der Waals surface area contributed by atoms with Gasteiger partial charge >= 0.3 is 0 Å². The van der Waals surface area contributed by atoms with Crippen LogP contribution in [0.1, 0.15) is 0 Å². The molecule has 0 bridgehead atoms. The van der Waals surface area contributed by atoms with Crippen molar-refractivity contribution in [3.05, 3.63) is 72.0 Å². The predicted molar refractivity (Wildman–Crippen MR) is 121 cm³/mol. The van der Waals surface area contributed by atoms with E-state index in [-0.39, 0.29) is 5.91 Å². The summed E-state index contributed by atoms with van der Waals surface area (Å²) in [7, 11) is 0. The quantitative estimate of drug-likeness (QED) is 0.625. The van der Waals surface area contributed by atoms with Crippen molar-refractivity contribution in [1.82, 2.24) is 14.9 Å². The smallest absolute Gasteiger partial charge is 0.238 e. The highest BCUT2D eigenvalue weighted by Gasteiger charge is 2.20. The number of halogens is 1. The zero-order chi connectivity index (χ0) is 20.8. The highest BCUT2D eigenvalue weighted by atomic mass is 35.5. The summed E-state index contributed by atoms with van der Waals surface area (Å²) in [5.41, 5.74) is 0.818. The van der Waals surface area contributed by atoms with E-state index in [9.17, 15) is 4.79 Å². The summed E-state index contributed by atoms with van der Waals surface area (Å²) in [6.45, 7) is 3.57. The molecule has 3 aromatic rings. The van der Waals surface area contributed by atoms with Crippen LogP contribution in [0.4, 0.5) is 11.6 Å². The van der Waals surface area contributed by atoms with E-state index in [4.69, 9.17) is 11.6 Å². The van der Waals surface area contributed by atoms with Gasteiger partial charge in [0.25, 0.3) is 0 Å². The van der Waals surface area contributed by atoms with E-state index < -0.39 is 0 Å². The predicted octanol–water partition coefficient (Wildman–Crippen LogP) is 4.04. The number of rotatable bonds is 6. The van der Waals surface area contributed by atoms with Gasteiger partial charge in [-0.05, 0) is 42.5 Å². The van der Waals surface area contributed by atoms with Gasteiger partial charge in [-0.25, -0.2) is 9.97 Å². The third-order valence-corrected chi connectivity index (χ3v) is 6.11. The number of amides is 1. The second-order valence-corrected chi connectivity index (χ2v) is 8.46. The van der Waals surface area contributed by atoms with Crippen molar-refractivity contribution in [2.24, 2.45) is 0 Å². The number of benzene rings is 2. The number of carbonyl (C=O) groups is 1. The first-order chi connectivity index (χ1) is 14.7. The van der Waals surface area contributed by atoms with Crippen LogP contribution in [0.25, 0.3) is 0 Å². The Bertz CT molecular complexity index is 978. The summed E-state index contributed by atoms with van der Waals surface area (Å²) >= 11 is 7.57. The van der Waals surface area contributed by atoms with Crippen LogP contribution in [-0.2, 0) is 4.79 Å². The number of carbonyl (C=O) groups excluding carboxylic acids is 1. The van der Waals surface area contributed by atoms with Gasteiger partial charge in [0.2, 0.25) is 11.9 Å². The molecule has 0 aliphatic carbocycles. The highest BCUT2D eigenvalue weighted by molar-refractivity contribution is 7.99. The summed E-state index contributed by atoms with van der Waals surface area (Å²) in [4.78, 5) is 27.6. The lowest BCUT2D eigenvalue weighted by Gasteiger charge is -2.34. The topological polar surface area (TPSA) is 61.4 Å². The molecular weight excluding hydrogens is 418 g/mol. The molecule has 1 N–H and O–H groups in total. The van der Waals surface area contributed by atoms with Crippen LogP contribution >= 0.6 is 23.4 Å². The van der Waals surface area contributed by atoms with Crippen molar-refractivity contribution in [3.8, 4) is 0 Å². The molecule has 8 heteroatoms. The van der Waals surface area contributed by atoms with Crippen molar-refractivity contribution in [3.63, 3.8) is 0 Å².